The number of benzene rings is 1. The van der Waals surface area contributed by atoms with Crippen molar-refractivity contribution in [2.45, 2.75) is 6.92 Å². The number of aryl methyl sites for hydroxylation is 1. The first-order valence-corrected chi connectivity index (χ1v) is 6.68. The van der Waals surface area contributed by atoms with E-state index in [0.29, 0.717) is 10.8 Å². The predicted octanol–water partition coefficient (Wildman–Crippen LogP) is 3.45. The largest absolute Gasteiger partial charge is 0.478 e. The van der Waals surface area contributed by atoms with E-state index < -0.39 is 12.0 Å². The summed E-state index contributed by atoms with van der Waals surface area (Å²) in [6, 6.07) is 3.71. The molecule has 0 unspecified atom stereocenters. The molecule has 2 amide bonds. The van der Waals surface area contributed by atoms with Crippen LogP contribution in [0.4, 0.5) is 15.6 Å². The maximum Gasteiger partial charge on any atom is 0.337 e. The minimum atomic E-state index is -1.16. The molecule has 1 aromatic heterocycles. The number of carboxylic acids is 1. The topological polar surface area (TPSA) is 91.3 Å². The number of amides is 2. The number of carbonyl (C=O) groups excluding carboxylic acids is 1. The highest BCUT2D eigenvalue weighted by atomic mass is 35.5. The quantitative estimate of drug-likeness (QED) is 0.809. The van der Waals surface area contributed by atoms with Crippen molar-refractivity contribution in [2.75, 3.05) is 10.6 Å². The van der Waals surface area contributed by atoms with E-state index in [-0.39, 0.29) is 10.6 Å². The first kappa shape index (κ1) is 14.3. The Morgan fingerprint density at radius 3 is 2.70 bits per heavy atom. The van der Waals surface area contributed by atoms with E-state index in [0.717, 1.165) is 4.88 Å². The van der Waals surface area contributed by atoms with E-state index in [1.807, 2.05) is 6.92 Å². The molecule has 2 aromatic rings. The van der Waals surface area contributed by atoms with Gasteiger partial charge in [0.15, 0.2) is 5.13 Å². The van der Waals surface area contributed by atoms with Crippen LogP contribution >= 0.6 is 22.9 Å². The Bertz CT molecular complexity index is 672. The predicted molar refractivity (Wildman–Crippen MR) is 77.9 cm³/mol. The van der Waals surface area contributed by atoms with Crippen LogP contribution in [-0.4, -0.2) is 22.1 Å². The fourth-order valence-corrected chi connectivity index (χ4v) is 2.30. The van der Waals surface area contributed by atoms with Gasteiger partial charge in [-0.15, -0.1) is 11.3 Å². The number of carbonyl (C=O) groups is 2. The van der Waals surface area contributed by atoms with Gasteiger partial charge in [0, 0.05) is 16.8 Å². The molecule has 0 atom stereocenters. The number of halogens is 1. The summed E-state index contributed by atoms with van der Waals surface area (Å²) < 4.78 is 0. The van der Waals surface area contributed by atoms with Crippen molar-refractivity contribution < 1.29 is 14.7 Å². The Kier molecular flexibility index (Phi) is 4.21. The summed E-state index contributed by atoms with van der Waals surface area (Å²) in [5.41, 5.74) is 0.257. The molecule has 0 fully saturated rings. The lowest BCUT2D eigenvalue weighted by atomic mass is 10.2. The SMILES string of the molecule is Cc1cnc(NC(=O)Nc2ccc(Cl)c(C(=O)O)c2)s1. The molecule has 0 radical (unpaired) electrons. The molecule has 1 aromatic carbocycles. The van der Waals surface area contributed by atoms with Crippen LogP contribution < -0.4 is 10.6 Å². The number of urea groups is 1. The van der Waals surface area contributed by atoms with Gasteiger partial charge in [0.1, 0.15) is 0 Å². The van der Waals surface area contributed by atoms with Gasteiger partial charge in [-0.1, -0.05) is 11.6 Å². The molecule has 0 aliphatic heterocycles. The van der Waals surface area contributed by atoms with Crippen molar-refractivity contribution in [2.24, 2.45) is 0 Å². The molecule has 0 spiro atoms. The van der Waals surface area contributed by atoms with Gasteiger partial charge in [0.25, 0.3) is 0 Å². The highest BCUT2D eigenvalue weighted by molar-refractivity contribution is 7.15. The van der Waals surface area contributed by atoms with Gasteiger partial charge in [-0.25, -0.2) is 14.6 Å². The zero-order valence-electron chi connectivity index (χ0n) is 10.3. The Labute approximate surface area is 123 Å². The zero-order valence-corrected chi connectivity index (χ0v) is 11.9. The van der Waals surface area contributed by atoms with Crippen LogP contribution in [-0.2, 0) is 0 Å². The van der Waals surface area contributed by atoms with Crippen molar-refractivity contribution in [1.82, 2.24) is 4.98 Å². The molecule has 0 bridgehead atoms. The monoisotopic (exact) mass is 311 g/mol. The summed E-state index contributed by atoms with van der Waals surface area (Å²) >= 11 is 7.08. The van der Waals surface area contributed by atoms with E-state index in [2.05, 4.69) is 15.6 Å². The van der Waals surface area contributed by atoms with E-state index in [4.69, 9.17) is 16.7 Å². The molecule has 0 aliphatic rings. The van der Waals surface area contributed by atoms with Crippen LogP contribution in [0.3, 0.4) is 0 Å². The average Bonchev–Trinajstić information content (AvgIpc) is 2.76. The summed E-state index contributed by atoms with van der Waals surface area (Å²) in [4.78, 5) is 27.6. The number of aromatic carboxylic acids is 1. The molecule has 8 heteroatoms. The van der Waals surface area contributed by atoms with Gasteiger partial charge in [-0.3, -0.25) is 5.32 Å². The van der Waals surface area contributed by atoms with Crippen LogP contribution in [0.1, 0.15) is 15.2 Å². The minimum absolute atomic E-state index is 0.0745. The Hall–Kier alpha value is -2.12. The summed E-state index contributed by atoms with van der Waals surface area (Å²) in [7, 11) is 0. The van der Waals surface area contributed by atoms with Gasteiger partial charge < -0.3 is 10.4 Å². The van der Waals surface area contributed by atoms with Gasteiger partial charge in [0.2, 0.25) is 0 Å². The molecule has 0 saturated heterocycles. The van der Waals surface area contributed by atoms with Gasteiger partial charge >= 0.3 is 12.0 Å². The molecule has 0 aliphatic carbocycles. The Morgan fingerprint density at radius 2 is 2.10 bits per heavy atom. The Balaban J connectivity index is 2.08. The third-order valence-electron chi connectivity index (χ3n) is 2.30. The van der Waals surface area contributed by atoms with Gasteiger partial charge in [-0.05, 0) is 25.1 Å². The van der Waals surface area contributed by atoms with Gasteiger partial charge in [0.05, 0.1) is 10.6 Å². The smallest absolute Gasteiger partial charge is 0.337 e. The van der Waals surface area contributed by atoms with Crippen LogP contribution in [0.15, 0.2) is 24.4 Å². The van der Waals surface area contributed by atoms with Crippen LogP contribution in [0.2, 0.25) is 5.02 Å². The number of aromatic nitrogens is 1. The second-order valence-corrected chi connectivity index (χ2v) is 5.50. The van der Waals surface area contributed by atoms with Crippen molar-refractivity contribution in [3.8, 4) is 0 Å². The van der Waals surface area contributed by atoms with Crippen LogP contribution in [0.25, 0.3) is 0 Å². The third-order valence-corrected chi connectivity index (χ3v) is 3.45. The van der Waals surface area contributed by atoms with Crippen LogP contribution in [0.5, 0.6) is 0 Å². The number of anilines is 2. The molecule has 3 N–H and O–H groups in total. The lowest BCUT2D eigenvalue weighted by Gasteiger charge is -2.07. The lowest BCUT2D eigenvalue weighted by Crippen LogP contribution is -2.19. The van der Waals surface area contributed by atoms with Crippen molar-refractivity contribution in [3.05, 3.63) is 39.9 Å². The molecule has 0 saturated carbocycles. The molecular formula is C12H10ClN3O3S. The van der Waals surface area contributed by atoms with Crippen molar-refractivity contribution >= 4 is 45.8 Å². The number of nitrogens with zero attached hydrogens (tertiary/aromatic N) is 1. The molecule has 6 nitrogen and oxygen atoms in total. The molecule has 20 heavy (non-hydrogen) atoms. The third kappa shape index (κ3) is 3.46. The number of hydrogen-bond acceptors (Lipinski definition) is 4. The summed E-state index contributed by atoms with van der Waals surface area (Å²) in [6.45, 7) is 1.87. The zero-order chi connectivity index (χ0) is 14.7. The van der Waals surface area contributed by atoms with E-state index in [1.165, 1.54) is 29.5 Å². The molecule has 1 heterocycles. The normalized spacial score (nSPS) is 10.1. The van der Waals surface area contributed by atoms with E-state index in [9.17, 15) is 9.59 Å². The number of thiazole rings is 1. The average molecular weight is 312 g/mol. The number of carboxylic acid groups (broad SMARTS) is 1. The Morgan fingerprint density at radius 1 is 1.35 bits per heavy atom. The fraction of sp³-hybridized carbons (Fsp3) is 0.0833. The maximum atomic E-state index is 11.7. The highest BCUT2D eigenvalue weighted by Crippen LogP contribution is 2.21. The summed E-state index contributed by atoms with van der Waals surface area (Å²) in [5, 5.41) is 14.6. The standard InChI is InChI=1S/C12H10ClN3O3S/c1-6-5-14-12(20-6)16-11(19)15-7-2-3-9(13)8(4-7)10(17)18/h2-5H,1H3,(H,17,18)(H2,14,15,16,19). The fourth-order valence-electron chi connectivity index (χ4n) is 1.44. The minimum Gasteiger partial charge on any atom is -0.478 e. The number of rotatable bonds is 3. The van der Waals surface area contributed by atoms with E-state index in [1.54, 1.807) is 6.20 Å². The second kappa shape index (κ2) is 5.89. The summed E-state index contributed by atoms with van der Waals surface area (Å²) in [6.07, 6.45) is 1.64. The lowest BCUT2D eigenvalue weighted by molar-refractivity contribution is 0.0697. The first-order valence-electron chi connectivity index (χ1n) is 5.49. The van der Waals surface area contributed by atoms with Crippen molar-refractivity contribution in [3.63, 3.8) is 0 Å². The number of hydrogen-bond donors (Lipinski definition) is 3. The van der Waals surface area contributed by atoms with Crippen molar-refractivity contribution in [1.29, 1.82) is 0 Å². The molecule has 2 rings (SSSR count). The highest BCUT2D eigenvalue weighted by Gasteiger charge is 2.11. The maximum absolute atomic E-state index is 11.7. The van der Waals surface area contributed by atoms with E-state index >= 15 is 0 Å². The van der Waals surface area contributed by atoms with Crippen LogP contribution in [0, 0.1) is 6.92 Å². The second-order valence-electron chi connectivity index (χ2n) is 3.85. The first-order chi connectivity index (χ1) is 9.45. The molecule has 104 valence electrons. The number of nitrogens with one attached hydrogen (secondary N) is 2. The summed E-state index contributed by atoms with van der Waals surface area (Å²) in [5.74, 6) is -1.16. The molecular weight excluding hydrogens is 302 g/mol. The van der Waals surface area contributed by atoms with Gasteiger partial charge in [-0.2, -0.15) is 0 Å².